The van der Waals surface area contributed by atoms with Gasteiger partial charge in [0.15, 0.2) is 5.78 Å². The molecular formula is C15H30O6. The summed E-state index contributed by atoms with van der Waals surface area (Å²) < 4.78 is 26.4. The molecule has 6 heteroatoms. The molecule has 0 bridgehead atoms. The molecule has 6 nitrogen and oxygen atoms in total. The predicted molar refractivity (Wildman–Crippen MR) is 79.7 cm³/mol. The van der Waals surface area contributed by atoms with Crippen LogP contribution in [0.3, 0.4) is 0 Å². The molecule has 126 valence electrons. The quantitative estimate of drug-likeness (QED) is 0.402. The Kier molecular flexibility index (Phi) is 15.5. The molecule has 0 aliphatic heterocycles. The van der Waals surface area contributed by atoms with Crippen molar-refractivity contribution in [3.05, 3.63) is 0 Å². The highest BCUT2D eigenvalue weighted by Crippen LogP contribution is 1.88. The van der Waals surface area contributed by atoms with Crippen molar-refractivity contribution >= 4 is 5.78 Å². The number of ether oxygens (including phenoxy) is 5. The summed E-state index contributed by atoms with van der Waals surface area (Å²) in [6, 6.07) is 0. The fourth-order valence-electron chi connectivity index (χ4n) is 1.29. The molecule has 0 aromatic heterocycles. The lowest BCUT2D eigenvalue weighted by atomic mass is 10.3. The summed E-state index contributed by atoms with van der Waals surface area (Å²) in [5.41, 5.74) is 0. The average Bonchev–Trinajstić information content (AvgIpc) is 2.46. The number of rotatable bonds is 16. The van der Waals surface area contributed by atoms with Crippen molar-refractivity contribution in [1.82, 2.24) is 0 Å². The van der Waals surface area contributed by atoms with Crippen LogP contribution in [-0.2, 0) is 28.5 Å². The number of hydrogen-bond acceptors (Lipinski definition) is 6. The summed E-state index contributed by atoms with van der Waals surface area (Å²) in [7, 11) is 0. The number of carbonyl (C=O) groups excluding carboxylic acids is 1. The smallest absolute Gasteiger partial charge is 0.158 e. The van der Waals surface area contributed by atoms with Crippen molar-refractivity contribution in [2.45, 2.75) is 33.3 Å². The molecule has 0 atom stereocenters. The lowest BCUT2D eigenvalue weighted by Crippen LogP contribution is -2.15. The maximum atomic E-state index is 10.9. The zero-order valence-corrected chi connectivity index (χ0v) is 13.6. The number of Topliss-reactive ketones (excluding diaryl/α,β-unsaturated/α-hetero) is 1. The highest BCUT2D eigenvalue weighted by molar-refractivity contribution is 5.79. The van der Waals surface area contributed by atoms with Crippen LogP contribution >= 0.6 is 0 Å². The van der Waals surface area contributed by atoms with E-state index in [9.17, 15) is 4.79 Å². The van der Waals surface area contributed by atoms with Crippen molar-refractivity contribution in [3.8, 4) is 0 Å². The molecule has 0 saturated carbocycles. The molecule has 0 aromatic rings. The molecule has 0 fully saturated rings. The second-order valence-electron chi connectivity index (χ2n) is 4.70. The van der Waals surface area contributed by atoms with E-state index in [4.69, 9.17) is 23.7 Å². The third-order valence-corrected chi connectivity index (χ3v) is 2.45. The number of hydrogen-bond donors (Lipinski definition) is 0. The second-order valence-corrected chi connectivity index (χ2v) is 4.70. The molecule has 0 saturated heterocycles. The van der Waals surface area contributed by atoms with Gasteiger partial charge in [-0.25, -0.2) is 0 Å². The normalized spacial score (nSPS) is 11.2. The highest BCUT2D eigenvalue weighted by Gasteiger charge is 1.97. The van der Waals surface area contributed by atoms with E-state index < -0.39 is 0 Å². The Balaban J connectivity index is 3.01. The van der Waals surface area contributed by atoms with E-state index in [0.717, 1.165) is 0 Å². The first-order valence-corrected chi connectivity index (χ1v) is 7.61. The van der Waals surface area contributed by atoms with Gasteiger partial charge in [0, 0.05) is 6.42 Å². The van der Waals surface area contributed by atoms with Crippen LogP contribution in [0.15, 0.2) is 0 Å². The Morgan fingerprint density at radius 3 is 1.62 bits per heavy atom. The molecule has 0 N–H and O–H groups in total. The number of carbonyl (C=O) groups is 1. The summed E-state index contributed by atoms with van der Waals surface area (Å²) in [5, 5.41) is 0. The Morgan fingerprint density at radius 2 is 1.19 bits per heavy atom. The van der Waals surface area contributed by atoms with E-state index >= 15 is 0 Å². The lowest BCUT2D eigenvalue weighted by molar-refractivity contribution is -0.123. The summed E-state index contributed by atoms with van der Waals surface area (Å²) in [5.74, 6) is 0.108. The fraction of sp³-hybridized carbons (Fsp3) is 0.933. The zero-order valence-electron chi connectivity index (χ0n) is 13.6. The summed E-state index contributed by atoms with van der Waals surface area (Å²) in [6.45, 7) is 10.2. The van der Waals surface area contributed by atoms with E-state index in [1.807, 2.05) is 20.8 Å². The Labute approximate surface area is 128 Å². The molecule has 0 aromatic carbocycles. The largest absolute Gasteiger partial charge is 0.377 e. The van der Waals surface area contributed by atoms with Crippen LogP contribution in [0.2, 0.25) is 0 Å². The van der Waals surface area contributed by atoms with Crippen LogP contribution in [0.1, 0.15) is 27.2 Å². The van der Waals surface area contributed by atoms with E-state index in [0.29, 0.717) is 59.3 Å². The van der Waals surface area contributed by atoms with Gasteiger partial charge in [-0.2, -0.15) is 0 Å². The first kappa shape index (κ1) is 20.5. The molecule has 0 spiro atoms. The van der Waals surface area contributed by atoms with Gasteiger partial charge in [0.25, 0.3) is 0 Å². The van der Waals surface area contributed by atoms with E-state index in [1.165, 1.54) is 0 Å². The Hall–Kier alpha value is -0.530. The standard InChI is InChI=1S/C15H30O6/c1-4-15(16)13-20-10-9-18-6-5-17-7-8-19-11-12-21-14(2)3/h14H,4-13H2,1-3H3. The highest BCUT2D eigenvalue weighted by atomic mass is 16.6. The molecule has 21 heavy (non-hydrogen) atoms. The number of ketones is 1. The van der Waals surface area contributed by atoms with Crippen molar-refractivity contribution in [2.75, 3.05) is 59.5 Å². The third-order valence-electron chi connectivity index (χ3n) is 2.45. The van der Waals surface area contributed by atoms with Crippen molar-refractivity contribution in [2.24, 2.45) is 0 Å². The Bertz CT molecular complexity index is 232. The SMILES string of the molecule is CCC(=O)COCCOCCOCCOCCOC(C)C. The van der Waals surface area contributed by atoms with Gasteiger partial charge in [-0.1, -0.05) is 6.92 Å². The summed E-state index contributed by atoms with van der Waals surface area (Å²) in [6.07, 6.45) is 0.756. The van der Waals surface area contributed by atoms with Gasteiger partial charge in [-0.3, -0.25) is 4.79 Å². The third kappa shape index (κ3) is 17.4. The van der Waals surface area contributed by atoms with Crippen LogP contribution in [0.5, 0.6) is 0 Å². The van der Waals surface area contributed by atoms with E-state index in [1.54, 1.807) is 0 Å². The van der Waals surface area contributed by atoms with Gasteiger partial charge in [0.1, 0.15) is 6.61 Å². The van der Waals surface area contributed by atoms with Crippen LogP contribution in [-0.4, -0.2) is 71.3 Å². The molecular weight excluding hydrogens is 276 g/mol. The van der Waals surface area contributed by atoms with Gasteiger partial charge >= 0.3 is 0 Å². The van der Waals surface area contributed by atoms with Gasteiger partial charge in [-0.05, 0) is 13.8 Å². The lowest BCUT2D eigenvalue weighted by Gasteiger charge is -2.09. The van der Waals surface area contributed by atoms with E-state index in [2.05, 4.69) is 0 Å². The molecule has 0 rings (SSSR count). The minimum atomic E-state index is 0.108. The van der Waals surface area contributed by atoms with Gasteiger partial charge in [-0.15, -0.1) is 0 Å². The van der Waals surface area contributed by atoms with Crippen molar-refractivity contribution in [1.29, 1.82) is 0 Å². The minimum absolute atomic E-state index is 0.108. The van der Waals surface area contributed by atoms with Crippen molar-refractivity contribution < 1.29 is 28.5 Å². The molecule has 0 aliphatic carbocycles. The first-order valence-electron chi connectivity index (χ1n) is 7.61. The molecule has 0 heterocycles. The molecule has 0 radical (unpaired) electrons. The maximum absolute atomic E-state index is 10.9. The van der Waals surface area contributed by atoms with Crippen LogP contribution < -0.4 is 0 Å². The Morgan fingerprint density at radius 1 is 0.762 bits per heavy atom. The molecule has 0 aliphatic rings. The van der Waals surface area contributed by atoms with Gasteiger partial charge in [0.05, 0.1) is 59.0 Å². The van der Waals surface area contributed by atoms with Crippen LogP contribution in [0.25, 0.3) is 0 Å². The topological polar surface area (TPSA) is 63.2 Å². The second kappa shape index (κ2) is 15.9. The van der Waals surface area contributed by atoms with Crippen molar-refractivity contribution in [3.63, 3.8) is 0 Å². The average molecular weight is 306 g/mol. The zero-order chi connectivity index (χ0) is 15.8. The fourth-order valence-corrected chi connectivity index (χ4v) is 1.29. The molecule has 0 unspecified atom stereocenters. The van der Waals surface area contributed by atoms with Gasteiger partial charge < -0.3 is 23.7 Å². The minimum Gasteiger partial charge on any atom is -0.377 e. The van der Waals surface area contributed by atoms with Crippen LogP contribution in [0, 0.1) is 0 Å². The molecule has 0 amide bonds. The summed E-state index contributed by atoms with van der Waals surface area (Å²) >= 11 is 0. The monoisotopic (exact) mass is 306 g/mol. The summed E-state index contributed by atoms with van der Waals surface area (Å²) in [4.78, 5) is 10.9. The maximum Gasteiger partial charge on any atom is 0.158 e. The van der Waals surface area contributed by atoms with E-state index in [-0.39, 0.29) is 18.5 Å². The predicted octanol–water partition coefficient (Wildman–Crippen LogP) is 1.46. The van der Waals surface area contributed by atoms with Gasteiger partial charge in [0.2, 0.25) is 0 Å². The van der Waals surface area contributed by atoms with Crippen LogP contribution in [0.4, 0.5) is 0 Å². The first-order chi connectivity index (χ1) is 10.2.